The minimum atomic E-state index is 1.23. The summed E-state index contributed by atoms with van der Waals surface area (Å²) in [4.78, 5) is 2.65. The average Bonchev–Trinajstić information content (AvgIpc) is 3.14. The van der Waals surface area contributed by atoms with Gasteiger partial charge >= 0.3 is 0 Å². The Kier molecular flexibility index (Phi) is 5.91. The van der Waals surface area contributed by atoms with E-state index in [2.05, 4.69) is 170 Å². The summed E-state index contributed by atoms with van der Waals surface area (Å²) in [5, 5.41) is 10.3. The molecule has 0 radical (unpaired) electrons. The Bertz CT molecular complexity index is 2640. The number of benzene rings is 9. The van der Waals surface area contributed by atoms with E-state index in [0.717, 1.165) is 0 Å². The molecule has 0 saturated heterocycles. The van der Waals surface area contributed by atoms with Gasteiger partial charge in [0, 0.05) is 15.2 Å². The Balaban J connectivity index is 1.20. The van der Waals surface area contributed by atoms with Gasteiger partial charge in [0.15, 0.2) is 0 Å². The van der Waals surface area contributed by atoms with Crippen LogP contribution in [0.25, 0.3) is 87.6 Å². The lowest BCUT2D eigenvalue weighted by Crippen LogP contribution is -1.95. The summed E-state index contributed by atoms with van der Waals surface area (Å²) in [6.07, 6.45) is 0. The highest BCUT2D eigenvalue weighted by Gasteiger charge is 2.23. The highest BCUT2D eigenvalue weighted by atomic mass is 32.2. The normalized spacial score (nSPS) is 12.2. The van der Waals surface area contributed by atoms with Gasteiger partial charge in [-0.05, 0) is 100 Å². The van der Waals surface area contributed by atoms with Crippen molar-refractivity contribution in [1.82, 2.24) is 0 Å². The molecule has 1 heteroatoms. The summed E-state index contributed by atoms with van der Waals surface area (Å²) in [5.41, 5.74) is 10.2. The van der Waals surface area contributed by atoms with Crippen LogP contribution in [0.4, 0.5) is 0 Å². The fraction of sp³-hybridized carbons (Fsp3) is 0. The van der Waals surface area contributed by atoms with Crippen molar-refractivity contribution in [3.8, 4) is 44.5 Å². The Morgan fingerprint density at radius 3 is 1.62 bits per heavy atom. The third kappa shape index (κ3) is 4.10. The maximum atomic E-state index is 2.36. The van der Waals surface area contributed by atoms with Crippen molar-refractivity contribution in [3.63, 3.8) is 0 Å². The second-order valence-electron chi connectivity index (χ2n) is 12.4. The molecule has 0 saturated carbocycles. The van der Waals surface area contributed by atoms with Crippen molar-refractivity contribution in [2.75, 3.05) is 0 Å². The Labute approximate surface area is 278 Å². The van der Waals surface area contributed by atoms with Crippen LogP contribution < -0.4 is 0 Å². The van der Waals surface area contributed by atoms with Crippen molar-refractivity contribution >= 4 is 54.9 Å². The van der Waals surface area contributed by atoms with Crippen molar-refractivity contribution in [1.29, 1.82) is 0 Å². The van der Waals surface area contributed by atoms with Crippen molar-refractivity contribution in [2.45, 2.75) is 9.79 Å². The first-order valence-electron chi connectivity index (χ1n) is 16.2. The fourth-order valence-corrected chi connectivity index (χ4v) is 8.87. The smallest absolute Gasteiger partial charge is 0.0207 e. The number of hydrogen-bond acceptors (Lipinski definition) is 1. The lowest BCUT2D eigenvalue weighted by atomic mass is 9.83. The maximum Gasteiger partial charge on any atom is 0.0207 e. The van der Waals surface area contributed by atoms with Crippen LogP contribution in [-0.4, -0.2) is 0 Å². The molecule has 0 N–H and O–H groups in total. The maximum absolute atomic E-state index is 2.36. The number of rotatable bonds is 3. The number of hydrogen-bond donors (Lipinski definition) is 0. The minimum absolute atomic E-state index is 1.23. The molecule has 0 unspecified atom stereocenters. The molecule has 9 aromatic carbocycles. The lowest BCUT2D eigenvalue weighted by Gasteiger charge is -2.23. The highest BCUT2D eigenvalue weighted by Crippen LogP contribution is 2.51. The molecule has 0 nitrogen and oxygen atoms in total. The topological polar surface area (TPSA) is 0 Å². The van der Waals surface area contributed by atoms with Gasteiger partial charge in [0.05, 0.1) is 0 Å². The first kappa shape index (κ1) is 26.6. The summed E-state index contributed by atoms with van der Waals surface area (Å²) in [5.74, 6) is 0. The van der Waals surface area contributed by atoms with Gasteiger partial charge in [-0.25, -0.2) is 0 Å². The van der Waals surface area contributed by atoms with E-state index in [-0.39, 0.29) is 0 Å². The van der Waals surface area contributed by atoms with E-state index >= 15 is 0 Å². The van der Waals surface area contributed by atoms with E-state index in [0.29, 0.717) is 0 Å². The third-order valence-electron chi connectivity index (χ3n) is 9.86. The van der Waals surface area contributed by atoms with Crippen molar-refractivity contribution in [3.05, 3.63) is 170 Å². The summed E-state index contributed by atoms with van der Waals surface area (Å²) in [7, 11) is 0. The van der Waals surface area contributed by atoms with Crippen LogP contribution in [0.2, 0.25) is 0 Å². The van der Waals surface area contributed by atoms with Gasteiger partial charge in [-0.15, -0.1) is 0 Å². The van der Waals surface area contributed by atoms with E-state index in [1.165, 1.54) is 97.4 Å². The molecule has 1 heterocycles. The van der Waals surface area contributed by atoms with Gasteiger partial charge in [0.25, 0.3) is 0 Å². The van der Waals surface area contributed by atoms with Crippen LogP contribution in [0.5, 0.6) is 0 Å². The van der Waals surface area contributed by atoms with Gasteiger partial charge < -0.3 is 0 Å². The highest BCUT2D eigenvalue weighted by molar-refractivity contribution is 7.99. The molecule has 0 amide bonds. The Morgan fingerprint density at radius 2 is 0.851 bits per heavy atom. The molecule has 218 valence electrons. The van der Waals surface area contributed by atoms with Gasteiger partial charge in [-0.3, -0.25) is 0 Å². The van der Waals surface area contributed by atoms with E-state index < -0.39 is 0 Å². The fourth-order valence-electron chi connectivity index (χ4n) is 7.73. The molecule has 1 aliphatic rings. The van der Waals surface area contributed by atoms with E-state index in [1.807, 2.05) is 11.8 Å². The quantitative estimate of drug-likeness (QED) is 0.179. The SMILES string of the molecule is c1ccc2c(c1)Sc1cccc3c(-c4c5ccccc5c(-c5ccc(-c6ccc7ccccc7c6)cc5)c5ccccc45)ccc-2c13. The van der Waals surface area contributed by atoms with Crippen LogP contribution in [0, 0.1) is 0 Å². The monoisotopic (exact) mass is 612 g/mol. The predicted octanol–water partition coefficient (Wildman–Crippen LogP) is 13.4. The number of fused-ring (bicyclic) bond motifs is 5. The first-order chi connectivity index (χ1) is 23.3. The van der Waals surface area contributed by atoms with Crippen molar-refractivity contribution in [2.24, 2.45) is 0 Å². The molecule has 0 aliphatic carbocycles. The van der Waals surface area contributed by atoms with Crippen LogP contribution in [-0.2, 0) is 0 Å². The Morgan fingerprint density at radius 1 is 0.298 bits per heavy atom. The summed E-state index contributed by atoms with van der Waals surface area (Å²) in [6, 6.07) is 62.7. The van der Waals surface area contributed by atoms with Gasteiger partial charge in [0.2, 0.25) is 0 Å². The molecule has 0 spiro atoms. The largest absolute Gasteiger partial charge is 0.0888 e. The van der Waals surface area contributed by atoms with E-state index in [4.69, 9.17) is 0 Å². The molecule has 9 aromatic rings. The van der Waals surface area contributed by atoms with Crippen molar-refractivity contribution < 1.29 is 0 Å². The molecule has 0 atom stereocenters. The van der Waals surface area contributed by atoms with Crippen LogP contribution in [0.15, 0.2) is 180 Å². The average molecular weight is 613 g/mol. The van der Waals surface area contributed by atoms with E-state index in [1.54, 1.807) is 0 Å². The van der Waals surface area contributed by atoms with Crippen LogP contribution >= 0.6 is 11.8 Å². The molecule has 0 aromatic heterocycles. The predicted molar refractivity (Wildman–Crippen MR) is 202 cm³/mol. The van der Waals surface area contributed by atoms with Crippen LogP contribution in [0.1, 0.15) is 0 Å². The molecular formula is C46H28S. The summed E-state index contributed by atoms with van der Waals surface area (Å²) < 4.78 is 0. The summed E-state index contributed by atoms with van der Waals surface area (Å²) >= 11 is 1.89. The van der Waals surface area contributed by atoms with E-state index in [9.17, 15) is 0 Å². The second-order valence-corrected chi connectivity index (χ2v) is 13.5. The van der Waals surface area contributed by atoms with Crippen LogP contribution in [0.3, 0.4) is 0 Å². The van der Waals surface area contributed by atoms with Gasteiger partial charge in [-0.1, -0.05) is 163 Å². The standard InChI is InChI=1S/C46H28S/c1-2-11-32-28-33(25-22-29(32)10-1)30-20-23-31(24-21-30)44-35-13-3-5-15-37(35)45(38-16-6-4-14-36(38)44)41-27-26-40-34-12-7-8-18-42(34)47-43-19-9-17-39(41)46(40)43/h1-28H. The van der Waals surface area contributed by atoms with Gasteiger partial charge in [0.1, 0.15) is 0 Å². The zero-order valence-electron chi connectivity index (χ0n) is 25.6. The van der Waals surface area contributed by atoms with Gasteiger partial charge in [-0.2, -0.15) is 0 Å². The zero-order chi connectivity index (χ0) is 30.9. The molecule has 0 fully saturated rings. The molecular weight excluding hydrogens is 585 g/mol. The first-order valence-corrected chi connectivity index (χ1v) is 17.0. The zero-order valence-corrected chi connectivity index (χ0v) is 26.4. The molecule has 10 rings (SSSR count). The third-order valence-corrected chi connectivity index (χ3v) is 11.0. The lowest BCUT2D eigenvalue weighted by molar-refractivity contribution is 1.40. The second kappa shape index (κ2) is 10.5. The molecule has 1 aliphatic heterocycles. The molecule has 47 heavy (non-hydrogen) atoms. The Hall–Kier alpha value is -5.63. The summed E-state index contributed by atoms with van der Waals surface area (Å²) in [6.45, 7) is 0. The minimum Gasteiger partial charge on any atom is -0.0888 e. The molecule has 0 bridgehead atoms.